The van der Waals surface area contributed by atoms with Crippen molar-refractivity contribution >= 4 is 11.7 Å². The average molecular weight is 219 g/mol. The number of nitrogens with zero attached hydrogens (tertiary/aromatic N) is 2. The SMILES string of the molecule is CNc1ccccc1CN1CCN(C)C1=O. The Morgan fingerprint density at radius 2 is 2.06 bits per heavy atom. The Bertz CT molecular complexity index is 392. The first-order valence-corrected chi connectivity index (χ1v) is 5.48. The first-order chi connectivity index (χ1) is 7.72. The van der Waals surface area contributed by atoms with E-state index in [2.05, 4.69) is 11.4 Å². The molecule has 1 aliphatic heterocycles. The highest BCUT2D eigenvalue weighted by atomic mass is 16.2. The Morgan fingerprint density at radius 1 is 1.31 bits per heavy atom. The number of hydrogen-bond donors (Lipinski definition) is 1. The van der Waals surface area contributed by atoms with Gasteiger partial charge in [0.1, 0.15) is 0 Å². The number of para-hydroxylation sites is 1. The van der Waals surface area contributed by atoms with E-state index in [0.717, 1.165) is 24.3 Å². The molecule has 0 spiro atoms. The van der Waals surface area contributed by atoms with Gasteiger partial charge in [0.05, 0.1) is 0 Å². The zero-order chi connectivity index (χ0) is 11.5. The quantitative estimate of drug-likeness (QED) is 0.838. The van der Waals surface area contributed by atoms with Gasteiger partial charge in [0.25, 0.3) is 0 Å². The number of carbonyl (C=O) groups excluding carboxylic acids is 1. The van der Waals surface area contributed by atoms with Gasteiger partial charge in [-0.05, 0) is 11.6 Å². The molecule has 0 atom stereocenters. The van der Waals surface area contributed by atoms with E-state index in [0.29, 0.717) is 6.54 Å². The van der Waals surface area contributed by atoms with Crippen LogP contribution in [0.4, 0.5) is 10.5 Å². The van der Waals surface area contributed by atoms with Crippen molar-refractivity contribution in [2.45, 2.75) is 6.54 Å². The van der Waals surface area contributed by atoms with Crippen LogP contribution in [0.3, 0.4) is 0 Å². The number of benzene rings is 1. The number of hydrogen-bond acceptors (Lipinski definition) is 2. The Kier molecular flexibility index (Phi) is 2.99. The topological polar surface area (TPSA) is 35.6 Å². The van der Waals surface area contributed by atoms with E-state index < -0.39 is 0 Å². The molecule has 0 aliphatic carbocycles. The molecule has 86 valence electrons. The predicted molar refractivity (Wildman–Crippen MR) is 64.4 cm³/mol. The van der Waals surface area contributed by atoms with Gasteiger partial charge in [0.15, 0.2) is 0 Å². The van der Waals surface area contributed by atoms with Gasteiger partial charge in [0.2, 0.25) is 0 Å². The first-order valence-electron chi connectivity index (χ1n) is 5.48. The molecule has 0 saturated carbocycles. The third-order valence-corrected chi connectivity index (χ3v) is 2.95. The summed E-state index contributed by atoms with van der Waals surface area (Å²) >= 11 is 0. The summed E-state index contributed by atoms with van der Waals surface area (Å²) in [6, 6.07) is 8.19. The van der Waals surface area contributed by atoms with Crippen molar-refractivity contribution in [2.75, 3.05) is 32.5 Å². The second-order valence-corrected chi connectivity index (χ2v) is 4.03. The molecular weight excluding hydrogens is 202 g/mol. The summed E-state index contributed by atoms with van der Waals surface area (Å²) < 4.78 is 0. The van der Waals surface area contributed by atoms with Gasteiger partial charge in [-0.15, -0.1) is 0 Å². The lowest BCUT2D eigenvalue weighted by Crippen LogP contribution is -2.29. The van der Waals surface area contributed by atoms with Crippen LogP contribution in [0.2, 0.25) is 0 Å². The number of amides is 2. The zero-order valence-electron chi connectivity index (χ0n) is 9.73. The molecule has 1 heterocycles. The van der Waals surface area contributed by atoms with E-state index in [4.69, 9.17) is 0 Å². The number of likely N-dealkylation sites (N-methyl/N-ethyl adjacent to an activating group) is 1. The molecule has 0 radical (unpaired) electrons. The van der Waals surface area contributed by atoms with Crippen molar-refractivity contribution < 1.29 is 4.79 Å². The van der Waals surface area contributed by atoms with Gasteiger partial charge in [0, 0.05) is 39.4 Å². The molecule has 0 bridgehead atoms. The van der Waals surface area contributed by atoms with Gasteiger partial charge in [-0.1, -0.05) is 18.2 Å². The fraction of sp³-hybridized carbons (Fsp3) is 0.417. The molecule has 2 amide bonds. The molecule has 4 nitrogen and oxygen atoms in total. The molecule has 1 aromatic rings. The summed E-state index contributed by atoms with van der Waals surface area (Å²) in [5.74, 6) is 0. The lowest BCUT2D eigenvalue weighted by Gasteiger charge is -2.18. The number of urea groups is 1. The second kappa shape index (κ2) is 4.43. The third kappa shape index (κ3) is 1.96. The molecule has 1 saturated heterocycles. The lowest BCUT2D eigenvalue weighted by molar-refractivity contribution is 0.197. The highest BCUT2D eigenvalue weighted by Gasteiger charge is 2.25. The van der Waals surface area contributed by atoms with Gasteiger partial charge < -0.3 is 15.1 Å². The maximum Gasteiger partial charge on any atom is 0.320 e. The summed E-state index contributed by atoms with van der Waals surface area (Å²) in [5.41, 5.74) is 2.25. The highest BCUT2D eigenvalue weighted by Crippen LogP contribution is 2.18. The maximum atomic E-state index is 11.7. The molecule has 1 aromatic carbocycles. The van der Waals surface area contributed by atoms with E-state index in [9.17, 15) is 4.79 Å². The molecule has 1 fully saturated rings. The van der Waals surface area contributed by atoms with Crippen molar-refractivity contribution in [3.05, 3.63) is 29.8 Å². The minimum Gasteiger partial charge on any atom is -0.388 e. The van der Waals surface area contributed by atoms with Crippen molar-refractivity contribution in [2.24, 2.45) is 0 Å². The first kappa shape index (κ1) is 10.8. The standard InChI is InChI=1S/C12H17N3O/c1-13-11-6-4-3-5-10(11)9-15-8-7-14(2)12(15)16/h3-6,13H,7-9H2,1-2H3. The monoisotopic (exact) mass is 219 g/mol. The van der Waals surface area contributed by atoms with E-state index in [-0.39, 0.29) is 6.03 Å². The van der Waals surface area contributed by atoms with Crippen LogP contribution in [0.5, 0.6) is 0 Å². The van der Waals surface area contributed by atoms with Gasteiger partial charge in [-0.25, -0.2) is 4.79 Å². The van der Waals surface area contributed by atoms with Crippen molar-refractivity contribution in [1.82, 2.24) is 9.80 Å². The smallest absolute Gasteiger partial charge is 0.320 e. The van der Waals surface area contributed by atoms with Crippen LogP contribution in [0.1, 0.15) is 5.56 Å². The highest BCUT2D eigenvalue weighted by molar-refractivity contribution is 5.76. The summed E-state index contributed by atoms with van der Waals surface area (Å²) in [6.45, 7) is 2.31. The molecule has 0 unspecified atom stereocenters. The number of rotatable bonds is 3. The van der Waals surface area contributed by atoms with E-state index >= 15 is 0 Å². The van der Waals surface area contributed by atoms with Crippen LogP contribution in [0.25, 0.3) is 0 Å². The van der Waals surface area contributed by atoms with Gasteiger partial charge >= 0.3 is 6.03 Å². The van der Waals surface area contributed by atoms with Crippen molar-refractivity contribution in [1.29, 1.82) is 0 Å². The molecule has 1 aliphatic rings. The molecule has 1 N–H and O–H groups in total. The largest absolute Gasteiger partial charge is 0.388 e. The van der Waals surface area contributed by atoms with Crippen molar-refractivity contribution in [3.8, 4) is 0 Å². The fourth-order valence-corrected chi connectivity index (χ4v) is 1.96. The third-order valence-electron chi connectivity index (χ3n) is 2.95. The summed E-state index contributed by atoms with van der Waals surface area (Å²) in [6.07, 6.45) is 0. The van der Waals surface area contributed by atoms with Crippen LogP contribution in [0, 0.1) is 0 Å². The molecular formula is C12H17N3O. The number of carbonyl (C=O) groups is 1. The average Bonchev–Trinajstić information content (AvgIpc) is 2.62. The lowest BCUT2D eigenvalue weighted by atomic mass is 10.1. The van der Waals surface area contributed by atoms with Crippen LogP contribution >= 0.6 is 0 Å². The number of nitrogens with one attached hydrogen (secondary N) is 1. The van der Waals surface area contributed by atoms with E-state index in [1.165, 1.54) is 0 Å². The Morgan fingerprint density at radius 3 is 2.69 bits per heavy atom. The number of anilines is 1. The maximum absolute atomic E-state index is 11.7. The van der Waals surface area contributed by atoms with Crippen LogP contribution in [-0.2, 0) is 6.54 Å². The predicted octanol–water partition coefficient (Wildman–Crippen LogP) is 1.60. The Balaban J connectivity index is 2.12. The minimum absolute atomic E-state index is 0.117. The van der Waals surface area contributed by atoms with E-state index in [1.807, 2.05) is 37.2 Å². The van der Waals surface area contributed by atoms with Crippen LogP contribution in [-0.4, -0.2) is 43.0 Å². The summed E-state index contributed by atoms with van der Waals surface area (Å²) in [7, 11) is 3.74. The van der Waals surface area contributed by atoms with Gasteiger partial charge in [-0.3, -0.25) is 0 Å². The van der Waals surface area contributed by atoms with Crippen LogP contribution in [0.15, 0.2) is 24.3 Å². The minimum atomic E-state index is 0.117. The normalized spacial score (nSPS) is 15.8. The second-order valence-electron chi connectivity index (χ2n) is 4.03. The molecule has 4 heteroatoms. The Labute approximate surface area is 95.8 Å². The van der Waals surface area contributed by atoms with Crippen LogP contribution < -0.4 is 5.32 Å². The zero-order valence-corrected chi connectivity index (χ0v) is 9.73. The molecule has 16 heavy (non-hydrogen) atoms. The fourth-order valence-electron chi connectivity index (χ4n) is 1.96. The molecule has 2 rings (SSSR count). The van der Waals surface area contributed by atoms with Gasteiger partial charge in [-0.2, -0.15) is 0 Å². The summed E-state index contributed by atoms with van der Waals surface area (Å²) in [4.78, 5) is 15.4. The van der Waals surface area contributed by atoms with E-state index in [1.54, 1.807) is 4.90 Å². The Hall–Kier alpha value is -1.71. The van der Waals surface area contributed by atoms with Crippen molar-refractivity contribution in [3.63, 3.8) is 0 Å². The summed E-state index contributed by atoms with van der Waals surface area (Å²) in [5, 5.41) is 3.14. The molecule has 0 aromatic heterocycles.